The quantitative estimate of drug-likeness (QED) is 0.294. The summed E-state index contributed by atoms with van der Waals surface area (Å²) in [6.45, 7) is 2.09. The summed E-state index contributed by atoms with van der Waals surface area (Å²) in [5.74, 6) is 0. The van der Waals surface area contributed by atoms with Crippen LogP contribution >= 0.6 is 11.3 Å². The molecule has 0 radical (unpaired) electrons. The summed E-state index contributed by atoms with van der Waals surface area (Å²) in [5.41, 5.74) is 6.46. The Hall–Kier alpha value is -4.09. The van der Waals surface area contributed by atoms with E-state index in [1.54, 1.807) is 17.5 Å². The highest BCUT2D eigenvalue weighted by Gasteiger charge is 2.16. The van der Waals surface area contributed by atoms with E-state index in [-0.39, 0.29) is 5.43 Å². The molecule has 4 aromatic heterocycles. The Balaban J connectivity index is 1.51. The summed E-state index contributed by atoms with van der Waals surface area (Å²) in [5, 5.41) is 1.68. The summed E-state index contributed by atoms with van der Waals surface area (Å²) >= 11 is 1.71. The highest BCUT2D eigenvalue weighted by atomic mass is 32.1. The molecule has 1 N–H and O–H groups in total. The van der Waals surface area contributed by atoms with Gasteiger partial charge in [0.25, 0.3) is 0 Å². The number of aromatic nitrogens is 3. The fourth-order valence-electron chi connectivity index (χ4n) is 4.51. The lowest BCUT2D eigenvalue weighted by Gasteiger charge is -2.12. The van der Waals surface area contributed by atoms with E-state index < -0.39 is 0 Å². The molecule has 0 bridgehead atoms. The Morgan fingerprint density at radius 2 is 1.80 bits per heavy atom. The monoisotopic (exact) mass is 473 g/mol. The second-order valence-electron chi connectivity index (χ2n) is 8.73. The molecule has 4 nitrogen and oxygen atoms in total. The van der Waals surface area contributed by atoms with Crippen molar-refractivity contribution < 1.29 is 0 Å². The minimum atomic E-state index is 0.0415. The minimum Gasteiger partial charge on any atom is -0.346 e. The molecule has 2 aromatic carbocycles. The van der Waals surface area contributed by atoms with Gasteiger partial charge in [0, 0.05) is 33.8 Å². The van der Waals surface area contributed by atoms with Crippen LogP contribution in [-0.4, -0.2) is 15.0 Å². The lowest BCUT2D eigenvalue weighted by atomic mass is 9.98. The molecule has 0 atom stereocenters. The average Bonchev–Trinajstić information content (AvgIpc) is 3.34. The Labute approximate surface area is 207 Å². The van der Waals surface area contributed by atoms with Crippen molar-refractivity contribution in [3.8, 4) is 21.7 Å². The number of fused-ring (bicyclic) bond motifs is 2. The third-order valence-corrected chi connectivity index (χ3v) is 7.36. The third-order valence-electron chi connectivity index (χ3n) is 6.36. The number of thiophene rings is 1. The number of nitrogens with zero attached hydrogens (tertiary/aromatic N) is 2. The second kappa shape index (κ2) is 8.93. The predicted molar refractivity (Wildman–Crippen MR) is 145 cm³/mol. The van der Waals surface area contributed by atoms with Crippen molar-refractivity contribution in [2.75, 3.05) is 0 Å². The largest absolute Gasteiger partial charge is 0.346 e. The van der Waals surface area contributed by atoms with E-state index in [1.807, 2.05) is 42.6 Å². The Morgan fingerprint density at radius 1 is 0.914 bits per heavy atom. The van der Waals surface area contributed by atoms with E-state index >= 15 is 0 Å². The van der Waals surface area contributed by atoms with Crippen LogP contribution in [0.25, 0.3) is 43.6 Å². The molecule has 0 saturated heterocycles. The summed E-state index contributed by atoms with van der Waals surface area (Å²) in [6.07, 6.45) is 5.12. The normalized spacial score (nSPS) is 11.3. The molecule has 0 aliphatic rings. The third kappa shape index (κ3) is 4.15. The number of aryl methyl sites for hydroxylation is 3. The molecule has 0 fully saturated rings. The molecule has 0 saturated carbocycles. The fourth-order valence-corrected chi connectivity index (χ4v) is 5.38. The van der Waals surface area contributed by atoms with Crippen LogP contribution in [0.4, 0.5) is 0 Å². The maximum Gasteiger partial charge on any atom is 0.194 e. The fraction of sp³-hybridized carbons (Fsp3) is 0.100. The first-order valence-corrected chi connectivity index (χ1v) is 12.5. The number of nitrogens with one attached hydrogen (secondary N) is 1. The van der Waals surface area contributed by atoms with E-state index in [0.717, 1.165) is 44.6 Å². The van der Waals surface area contributed by atoms with Crippen LogP contribution in [0.3, 0.4) is 0 Å². The molecule has 4 heterocycles. The van der Waals surface area contributed by atoms with Crippen LogP contribution < -0.4 is 5.43 Å². The van der Waals surface area contributed by atoms with Gasteiger partial charge in [0.2, 0.25) is 0 Å². The molecule has 6 aromatic rings. The Bertz CT molecular complexity index is 1730. The number of H-pyrrole nitrogens is 1. The molecular weight excluding hydrogens is 450 g/mol. The number of hydrogen-bond donors (Lipinski definition) is 1. The van der Waals surface area contributed by atoms with Gasteiger partial charge in [0.15, 0.2) is 5.43 Å². The van der Waals surface area contributed by atoms with E-state index in [2.05, 4.69) is 59.4 Å². The molecule has 0 amide bonds. The Morgan fingerprint density at radius 3 is 2.63 bits per heavy atom. The minimum absolute atomic E-state index is 0.0415. The van der Waals surface area contributed by atoms with Crippen molar-refractivity contribution in [2.24, 2.45) is 0 Å². The van der Waals surface area contributed by atoms with Gasteiger partial charge in [-0.1, -0.05) is 42.5 Å². The summed E-state index contributed by atoms with van der Waals surface area (Å²) < 4.78 is 0. The zero-order valence-corrected chi connectivity index (χ0v) is 20.1. The van der Waals surface area contributed by atoms with Gasteiger partial charge in [-0.2, -0.15) is 0 Å². The van der Waals surface area contributed by atoms with Crippen LogP contribution in [-0.2, 0) is 12.8 Å². The van der Waals surface area contributed by atoms with Gasteiger partial charge in [0.05, 0.1) is 21.5 Å². The topological polar surface area (TPSA) is 58.6 Å². The van der Waals surface area contributed by atoms with E-state index in [0.29, 0.717) is 17.5 Å². The van der Waals surface area contributed by atoms with Crippen molar-refractivity contribution in [1.29, 1.82) is 0 Å². The standard InChI is InChI=1S/C30H23N3OS/c1-19-9-14-27(35-19)28-24(21-12-13-26-22(16-21)8-5-15-31-26)17-25-29(34)23(18-32-30(25)33-28)11-10-20-6-3-2-4-7-20/h2-9,12-18H,10-11H2,1H3,(H,32,33,34). The molecule has 0 aliphatic heterocycles. The Kier molecular flexibility index (Phi) is 5.47. The number of rotatable bonds is 5. The number of aromatic amines is 1. The maximum atomic E-state index is 13.5. The lowest BCUT2D eigenvalue weighted by molar-refractivity contribution is 0.944. The van der Waals surface area contributed by atoms with E-state index in [4.69, 9.17) is 4.98 Å². The average molecular weight is 474 g/mol. The molecule has 0 spiro atoms. The van der Waals surface area contributed by atoms with Crippen LogP contribution in [0.5, 0.6) is 0 Å². The maximum absolute atomic E-state index is 13.5. The zero-order valence-electron chi connectivity index (χ0n) is 19.3. The van der Waals surface area contributed by atoms with Gasteiger partial charge < -0.3 is 4.98 Å². The van der Waals surface area contributed by atoms with E-state index in [9.17, 15) is 4.79 Å². The second-order valence-corrected chi connectivity index (χ2v) is 10.0. The number of hydrogen-bond acceptors (Lipinski definition) is 4. The van der Waals surface area contributed by atoms with Crippen molar-refractivity contribution in [3.63, 3.8) is 0 Å². The van der Waals surface area contributed by atoms with Crippen molar-refractivity contribution in [1.82, 2.24) is 15.0 Å². The first-order valence-electron chi connectivity index (χ1n) is 11.7. The molecule has 35 heavy (non-hydrogen) atoms. The van der Waals surface area contributed by atoms with Crippen LogP contribution in [0.1, 0.15) is 16.0 Å². The van der Waals surface area contributed by atoms with Crippen molar-refractivity contribution in [2.45, 2.75) is 19.8 Å². The van der Waals surface area contributed by atoms with Crippen LogP contribution in [0, 0.1) is 6.92 Å². The summed E-state index contributed by atoms with van der Waals surface area (Å²) in [6, 6.07) is 26.7. The summed E-state index contributed by atoms with van der Waals surface area (Å²) in [4.78, 5) is 28.6. The van der Waals surface area contributed by atoms with Crippen molar-refractivity contribution >= 4 is 33.3 Å². The van der Waals surface area contributed by atoms with Crippen LogP contribution in [0.2, 0.25) is 0 Å². The molecular formula is C30H23N3OS. The van der Waals surface area contributed by atoms with Crippen molar-refractivity contribution in [3.05, 3.63) is 117 Å². The van der Waals surface area contributed by atoms with Crippen LogP contribution in [0.15, 0.2) is 96.1 Å². The predicted octanol–water partition coefficient (Wildman–Crippen LogP) is 6.96. The lowest BCUT2D eigenvalue weighted by Crippen LogP contribution is -2.12. The smallest absolute Gasteiger partial charge is 0.194 e. The first kappa shape index (κ1) is 21.4. The highest BCUT2D eigenvalue weighted by molar-refractivity contribution is 7.15. The summed E-state index contributed by atoms with van der Waals surface area (Å²) in [7, 11) is 0. The van der Waals surface area contributed by atoms with Gasteiger partial charge in [-0.15, -0.1) is 11.3 Å². The van der Waals surface area contributed by atoms with Gasteiger partial charge in [-0.05, 0) is 67.3 Å². The molecule has 6 rings (SSSR count). The molecule has 5 heteroatoms. The number of pyridine rings is 3. The molecule has 170 valence electrons. The van der Waals surface area contributed by atoms with Gasteiger partial charge in [-0.25, -0.2) is 4.98 Å². The van der Waals surface area contributed by atoms with E-state index in [1.165, 1.54) is 10.4 Å². The number of benzene rings is 2. The highest BCUT2D eigenvalue weighted by Crippen LogP contribution is 2.36. The van der Waals surface area contributed by atoms with Gasteiger partial charge in [0.1, 0.15) is 5.65 Å². The first-order chi connectivity index (χ1) is 17.2. The molecule has 0 unspecified atom stereocenters. The zero-order chi connectivity index (χ0) is 23.8. The van der Waals surface area contributed by atoms with Gasteiger partial charge in [-0.3, -0.25) is 9.78 Å². The van der Waals surface area contributed by atoms with Gasteiger partial charge >= 0.3 is 0 Å². The molecule has 0 aliphatic carbocycles. The SMILES string of the molecule is Cc1ccc(-c2nc3[nH]cc(CCc4ccccc4)c(=O)c3cc2-c2ccc3ncccc3c2)s1.